The molecule has 0 rings (SSSR count). The van der Waals surface area contributed by atoms with Crippen molar-refractivity contribution in [2.75, 3.05) is 0 Å². The molecule has 0 saturated carbocycles. The van der Waals surface area contributed by atoms with Crippen molar-refractivity contribution in [2.45, 2.75) is 38.8 Å². The second kappa shape index (κ2) is 5.33. The Labute approximate surface area is 87.6 Å². The summed E-state index contributed by atoms with van der Waals surface area (Å²) in [5, 5.41) is 12.5. The van der Waals surface area contributed by atoms with E-state index in [1.54, 1.807) is 20.8 Å². The Bertz CT molecular complexity index is 256. The molecule has 1 unspecified atom stereocenters. The van der Waals surface area contributed by atoms with Gasteiger partial charge in [0.05, 0.1) is 12.0 Å². The van der Waals surface area contributed by atoms with Crippen molar-refractivity contribution in [2.24, 2.45) is 0 Å². The molecule has 1 atom stereocenters. The van der Waals surface area contributed by atoms with Crippen molar-refractivity contribution in [3.05, 3.63) is 0 Å². The maximum atomic E-state index is 11.1. The number of hydrogen-bond donors (Lipinski definition) is 1. The second-order valence-corrected chi connectivity index (χ2v) is 3.92. The molecule has 0 bridgehead atoms. The van der Waals surface area contributed by atoms with Crippen LogP contribution in [0.15, 0.2) is 0 Å². The standard InChI is InChI=1S/C9H15NO5/c1-9(2,3)15-8(14)10-6(4-5-11)7(12)13/h5-6H,4H2,1-3H3,(H,10,14)(H,12,13)/p-1. The maximum Gasteiger partial charge on any atom is 0.408 e. The van der Waals surface area contributed by atoms with E-state index in [-0.39, 0.29) is 6.42 Å². The SMILES string of the molecule is CC(C)(C)OC(=O)NC(CC=O)C(=O)[O-]. The lowest BCUT2D eigenvalue weighted by molar-refractivity contribution is -0.308. The minimum Gasteiger partial charge on any atom is -0.548 e. The molecule has 0 radical (unpaired) electrons. The summed E-state index contributed by atoms with van der Waals surface area (Å²) in [5.41, 5.74) is -0.720. The van der Waals surface area contributed by atoms with Crippen LogP contribution in [-0.4, -0.2) is 30.0 Å². The summed E-state index contributed by atoms with van der Waals surface area (Å²) >= 11 is 0. The van der Waals surface area contributed by atoms with Gasteiger partial charge in [-0.2, -0.15) is 0 Å². The zero-order valence-electron chi connectivity index (χ0n) is 8.90. The molecule has 0 aromatic heterocycles. The highest BCUT2D eigenvalue weighted by Gasteiger charge is 2.19. The van der Waals surface area contributed by atoms with Crippen molar-refractivity contribution >= 4 is 18.3 Å². The summed E-state index contributed by atoms with van der Waals surface area (Å²) in [6, 6.07) is -1.35. The van der Waals surface area contributed by atoms with E-state index in [0.717, 1.165) is 0 Å². The van der Waals surface area contributed by atoms with Crippen LogP contribution in [0, 0.1) is 0 Å². The van der Waals surface area contributed by atoms with Gasteiger partial charge in [-0.1, -0.05) is 0 Å². The monoisotopic (exact) mass is 216 g/mol. The van der Waals surface area contributed by atoms with Crippen LogP contribution in [0.3, 0.4) is 0 Å². The van der Waals surface area contributed by atoms with Crippen molar-refractivity contribution in [3.63, 3.8) is 0 Å². The fourth-order valence-electron chi connectivity index (χ4n) is 0.760. The van der Waals surface area contributed by atoms with Gasteiger partial charge in [0.15, 0.2) is 0 Å². The zero-order valence-corrected chi connectivity index (χ0v) is 8.90. The van der Waals surface area contributed by atoms with Crippen LogP contribution in [0.4, 0.5) is 4.79 Å². The normalized spacial score (nSPS) is 12.7. The molecule has 6 heteroatoms. The van der Waals surface area contributed by atoms with E-state index in [4.69, 9.17) is 4.74 Å². The number of carboxylic acid groups (broad SMARTS) is 1. The summed E-state index contributed by atoms with van der Waals surface area (Å²) < 4.78 is 4.81. The third kappa shape index (κ3) is 6.48. The highest BCUT2D eigenvalue weighted by molar-refractivity contribution is 5.81. The van der Waals surface area contributed by atoms with Gasteiger partial charge >= 0.3 is 6.09 Å². The lowest BCUT2D eigenvalue weighted by Gasteiger charge is -2.23. The molecule has 86 valence electrons. The number of aliphatic carboxylic acids is 1. The summed E-state index contributed by atoms with van der Waals surface area (Å²) in [4.78, 5) is 31.7. The number of alkyl carbamates (subject to hydrolysis) is 1. The Kier molecular flexibility index (Phi) is 4.77. The van der Waals surface area contributed by atoms with Gasteiger partial charge < -0.3 is 24.7 Å². The number of carboxylic acids is 1. The fraction of sp³-hybridized carbons (Fsp3) is 0.667. The average molecular weight is 216 g/mol. The maximum absolute atomic E-state index is 11.1. The first-order valence-corrected chi connectivity index (χ1v) is 4.40. The first-order valence-electron chi connectivity index (χ1n) is 4.40. The van der Waals surface area contributed by atoms with Crippen LogP contribution in [0.5, 0.6) is 0 Å². The fourth-order valence-corrected chi connectivity index (χ4v) is 0.760. The van der Waals surface area contributed by atoms with Crippen LogP contribution < -0.4 is 10.4 Å². The zero-order chi connectivity index (χ0) is 12.1. The van der Waals surface area contributed by atoms with Crippen molar-refractivity contribution in [1.29, 1.82) is 0 Å². The van der Waals surface area contributed by atoms with E-state index in [1.165, 1.54) is 0 Å². The first-order chi connectivity index (χ1) is 6.76. The van der Waals surface area contributed by atoms with Crippen molar-refractivity contribution < 1.29 is 24.2 Å². The van der Waals surface area contributed by atoms with Gasteiger partial charge in [0.1, 0.15) is 11.9 Å². The number of nitrogens with one attached hydrogen (secondary N) is 1. The molecular weight excluding hydrogens is 202 g/mol. The molecule has 1 amide bonds. The minimum atomic E-state index is -1.52. The summed E-state index contributed by atoms with van der Waals surface area (Å²) in [7, 11) is 0. The predicted molar refractivity (Wildman–Crippen MR) is 48.8 cm³/mol. The molecule has 0 aliphatic heterocycles. The molecule has 0 saturated heterocycles. The third-order valence-electron chi connectivity index (χ3n) is 1.31. The molecule has 0 heterocycles. The van der Waals surface area contributed by atoms with E-state index in [9.17, 15) is 19.5 Å². The number of carbonyl (C=O) groups is 3. The van der Waals surface area contributed by atoms with Gasteiger partial charge in [-0.05, 0) is 20.8 Å². The molecule has 0 aliphatic rings. The summed E-state index contributed by atoms with van der Waals surface area (Å²) in [6.07, 6.45) is -0.849. The van der Waals surface area contributed by atoms with Crippen LogP contribution in [0.2, 0.25) is 0 Å². The highest BCUT2D eigenvalue weighted by atomic mass is 16.6. The molecule has 0 aromatic rings. The average Bonchev–Trinajstić information content (AvgIpc) is 1.99. The third-order valence-corrected chi connectivity index (χ3v) is 1.31. The van der Waals surface area contributed by atoms with Gasteiger partial charge in [-0.3, -0.25) is 0 Å². The number of amides is 1. The molecule has 1 N–H and O–H groups in total. The van der Waals surface area contributed by atoms with Gasteiger partial charge in [-0.15, -0.1) is 0 Å². The van der Waals surface area contributed by atoms with Crippen molar-refractivity contribution in [1.82, 2.24) is 5.32 Å². The molecule has 6 nitrogen and oxygen atoms in total. The molecule has 0 aromatic carbocycles. The van der Waals surface area contributed by atoms with E-state index < -0.39 is 23.7 Å². The minimum absolute atomic E-state index is 0.346. The molecule has 15 heavy (non-hydrogen) atoms. The Morgan fingerprint density at radius 1 is 1.47 bits per heavy atom. The lowest BCUT2D eigenvalue weighted by atomic mass is 10.2. The Morgan fingerprint density at radius 2 is 2.00 bits per heavy atom. The molecule has 0 fully saturated rings. The van der Waals surface area contributed by atoms with E-state index >= 15 is 0 Å². The van der Waals surface area contributed by atoms with E-state index in [1.807, 2.05) is 5.32 Å². The van der Waals surface area contributed by atoms with Crippen LogP contribution in [0.25, 0.3) is 0 Å². The number of carbonyl (C=O) groups excluding carboxylic acids is 3. The van der Waals surface area contributed by atoms with E-state index in [2.05, 4.69) is 0 Å². The predicted octanol–water partition coefficient (Wildman–Crippen LogP) is -0.781. The largest absolute Gasteiger partial charge is 0.548 e. The van der Waals surface area contributed by atoms with Gasteiger partial charge in [0.25, 0.3) is 0 Å². The number of rotatable bonds is 4. The first kappa shape index (κ1) is 13.4. The Hall–Kier alpha value is -1.59. The molecule has 0 aliphatic carbocycles. The van der Waals surface area contributed by atoms with Gasteiger partial charge in [0, 0.05) is 6.42 Å². The topological polar surface area (TPSA) is 95.5 Å². The summed E-state index contributed by atoms with van der Waals surface area (Å²) in [6.45, 7) is 4.92. The van der Waals surface area contributed by atoms with Crippen LogP contribution in [-0.2, 0) is 14.3 Å². The highest BCUT2D eigenvalue weighted by Crippen LogP contribution is 2.06. The van der Waals surface area contributed by atoms with Crippen LogP contribution >= 0.6 is 0 Å². The smallest absolute Gasteiger partial charge is 0.408 e. The van der Waals surface area contributed by atoms with Crippen molar-refractivity contribution in [3.8, 4) is 0 Å². The number of aldehydes is 1. The lowest BCUT2D eigenvalue weighted by Crippen LogP contribution is -2.49. The summed E-state index contributed by atoms with van der Waals surface area (Å²) in [5.74, 6) is -1.52. The second-order valence-electron chi connectivity index (χ2n) is 3.92. The number of hydrogen-bond acceptors (Lipinski definition) is 5. The van der Waals surface area contributed by atoms with Gasteiger partial charge in [0.2, 0.25) is 0 Å². The number of ether oxygens (including phenoxy) is 1. The van der Waals surface area contributed by atoms with E-state index in [0.29, 0.717) is 6.29 Å². The quantitative estimate of drug-likeness (QED) is 0.622. The Morgan fingerprint density at radius 3 is 2.33 bits per heavy atom. The van der Waals surface area contributed by atoms with Gasteiger partial charge in [-0.25, -0.2) is 4.79 Å². The molecular formula is C9H14NO5-. The van der Waals surface area contributed by atoms with Crippen LogP contribution in [0.1, 0.15) is 27.2 Å². The molecule has 0 spiro atoms. The Balaban J connectivity index is 4.23.